The molecule has 0 saturated carbocycles. The van der Waals surface area contributed by atoms with E-state index in [2.05, 4.69) is 25.7 Å². The first-order valence-corrected chi connectivity index (χ1v) is 6.11. The largest absolute Gasteiger partial charge is 0.328 e. The molecule has 1 aliphatic heterocycles. The van der Waals surface area contributed by atoms with E-state index in [9.17, 15) is 0 Å². The number of likely N-dealkylation sites (tertiary alicyclic amines) is 1. The third-order valence-corrected chi connectivity index (χ3v) is 3.51. The van der Waals surface area contributed by atoms with E-state index in [1.165, 1.54) is 38.9 Å². The third-order valence-electron chi connectivity index (χ3n) is 3.51. The molecule has 3 unspecified atom stereocenters. The summed E-state index contributed by atoms with van der Waals surface area (Å²) in [5.41, 5.74) is 5.88. The first-order chi connectivity index (χ1) is 6.63. The molecule has 3 atom stereocenters. The molecule has 2 nitrogen and oxygen atoms in total. The fourth-order valence-electron chi connectivity index (χ4n) is 2.30. The van der Waals surface area contributed by atoms with Gasteiger partial charge in [-0.2, -0.15) is 0 Å². The van der Waals surface area contributed by atoms with Gasteiger partial charge >= 0.3 is 0 Å². The molecule has 84 valence electrons. The Morgan fingerprint density at radius 3 is 2.71 bits per heavy atom. The Morgan fingerprint density at radius 1 is 1.43 bits per heavy atom. The molecule has 0 bridgehead atoms. The average molecular weight is 198 g/mol. The van der Waals surface area contributed by atoms with E-state index >= 15 is 0 Å². The predicted molar refractivity (Wildman–Crippen MR) is 62.3 cm³/mol. The highest BCUT2D eigenvalue weighted by atomic mass is 15.1. The van der Waals surface area contributed by atoms with Crippen molar-refractivity contribution in [3.8, 4) is 0 Å². The van der Waals surface area contributed by atoms with E-state index in [0.29, 0.717) is 12.0 Å². The van der Waals surface area contributed by atoms with Crippen LogP contribution in [0.25, 0.3) is 0 Å². The van der Waals surface area contributed by atoms with Gasteiger partial charge in [-0.3, -0.25) is 0 Å². The van der Waals surface area contributed by atoms with Gasteiger partial charge in [0.05, 0.1) is 0 Å². The summed E-state index contributed by atoms with van der Waals surface area (Å²) in [5.74, 6) is 1.59. The zero-order chi connectivity index (χ0) is 10.6. The summed E-state index contributed by atoms with van der Waals surface area (Å²) in [7, 11) is 0. The van der Waals surface area contributed by atoms with E-state index in [1.807, 2.05) is 0 Å². The van der Waals surface area contributed by atoms with Gasteiger partial charge < -0.3 is 10.6 Å². The molecule has 0 aromatic carbocycles. The van der Waals surface area contributed by atoms with Crippen LogP contribution in [0.1, 0.15) is 40.0 Å². The van der Waals surface area contributed by atoms with Gasteiger partial charge in [-0.15, -0.1) is 0 Å². The molecule has 1 rings (SSSR count). The highest BCUT2D eigenvalue weighted by Gasteiger charge is 2.23. The van der Waals surface area contributed by atoms with E-state index in [-0.39, 0.29) is 0 Å². The molecular weight excluding hydrogens is 172 g/mol. The summed E-state index contributed by atoms with van der Waals surface area (Å²) in [6, 6.07) is 0.334. The van der Waals surface area contributed by atoms with Crippen molar-refractivity contribution in [1.82, 2.24) is 4.90 Å². The Hall–Kier alpha value is -0.0800. The van der Waals surface area contributed by atoms with Crippen molar-refractivity contribution < 1.29 is 0 Å². The van der Waals surface area contributed by atoms with Gasteiger partial charge in [0, 0.05) is 19.1 Å². The van der Waals surface area contributed by atoms with E-state index in [0.717, 1.165) is 5.92 Å². The minimum atomic E-state index is 0.334. The fraction of sp³-hybridized carbons (Fsp3) is 1.00. The molecule has 0 spiro atoms. The van der Waals surface area contributed by atoms with Crippen LogP contribution in [0.5, 0.6) is 0 Å². The van der Waals surface area contributed by atoms with Gasteiger partial charge in [0.2, 0.25) is 0 Å². The standard InChI is InChI=1S/C12H26N2/c1-4-5-12-6-7-14(9-12)8-10(2)11(3)13/h10-12H,4-9,13H2,1-3H3. The molecule has 14 heavy (non-hydrogen) atoms. The normalized spacial score (nSPS) is 27.9. The molecular formula is C12H26N2. The van der Waals surface area contributed by atoms with Crippen LogP contribution in [0.15, 0.2) is 0 Å². The molecule has 1 heterocycles. The SMILES string of the molecule is CCCC1CCN(CC(C)C(C)N)C1. The second kappa shape index (κ2) is 5.72. The van der Waals surface area contributed by atoms with Crippen molar-refractivity contribution >= 4 is 0 Å². The second-order valence-electron chi connectivity index (χ2n) is 5.04. The van der Waals surface area contributed by atoms with Crippen molar-refractivity contribution in [2.75, 3.05) is 19.6 Å². The van der Waals surface area contributed by atoms with E-state index < -0.39 is 0 Å². The maximum absolute atomic E-state index is 5.88. The average Bonchev–Trinajstić information content (AvgIpc) is 2.53. The lowest BCUT2D eigenvalue weighted by Crippen LogP contribution is -2.35. The van der Waals surface area contributed by atoms with E-state index in [1.54, 1.807) is 0 Å². The Bertz CT molecular complexity index is 156. The summed E-state index contributed by atoms with van der Waals surface area (Å²) in [6.07, 6.45) is 4.14. The van der Waals surface area contributed by atoms with Gasteiger partial charge in [0.15, 0.2) is 0 Å². The molecule has 0 amide bonds. The lowest BCUT2D eigenvalue weighted by atomic mass is 10.0. The maximum Gasteiger partial charge on any atom is 0.00483 e. The zero-order valence-corrected chi connectivity index (χ0v) is 10.00. The lowest BCUT2D eigenvalue weighted by Gasteiger charge is -2.23. The van der Waals surface area contributed by atoms with Crippen LogP contribution in [-0.2, 0) is 0 Å². The van der Waals surface area contributed by atoms with Gasteiger partial charge in [-0.05, 0) is 38.1 Å². The number of nitrogens with two attached hydrogens (primary N) is 1. The zero-order valence-electron chi connectivity index (χ0n) is 10.00. The minimum Gasteiger partial charge on any atom is -0.328 e. The van der Waals surface area contributed by atoms with Gasteiger partial charge in [-0.25, -0.2) is 0 Å². The summed E-state index contributed by atoms with van der Waals surface area (Å²) >= 11 is 0. The van der Waals surface area contributed by atoms with Gasteiger partial charge in [0.25, 0.3) is 0 Å². The molecule has 2 N–H and O–H groups in total. The van der Waals surface area contributed by atoms with Crippen LogP contribution in [-0.4, -0.2) is 30.6 Å². The Balaban J connectivity index is 2.21. The molecule has 1 aliphatic rings. The monoisotopic (exact) mass is 198 g/mol. The first-order valence-electron chi connectivity index (χ1n) is 6.11. The smallest absolute Gasteiger partial charge is 0.00483 e. The van der Waals surface area contributed by atoms with Crippen LogP contribution in [0.3, 0.4) is 0 Å². The Kier molecular flexibility index (Phi) is 4.90. The number of hydrogen-bond donors (Lipinski definition) is 1. The van der Waals surface area contributed by atoms with Crippen LogP contribution < -0.4 is 5.73 Å². The minimum absolute atomic E-state index is 0.334. The highest BCUT2D eigenvalue weighted by Crippen LogP contribution is 2.21. The van der Waals surface area contributed by atoms with Crippen molar-refractivity contribution in [2.24, 2.45) is 17.6 Å². The third kappa shape index (κ3) is 3.58. The molecule has 1 saturated heterocycles. The van der Waals surface area contributed by atoms with Crippen LogP contribution in [0.4, 0.5) is 0 Å². The van der Waals surface area contributed by atoms with Gasteiger partial charge in [-0.1, -0.05) is 20.3 Å². The molecule has 0 radical (unpaired) electrons. The number of rotatable bonds is 5. The van der Waals surface area contributed by atoms with Crippen molar-refractivity contribution in [3.63, 3.8) is 0 Å². The summed E-state index contributed by atoms with van der Waals surface area (Å²) < 4.78 is 0. The van der Waals surface area contributed by atoms with Crippen molar-refractivity contribution in [1.29, 1.82) is 0 Å². The van der Waals surface area contributed by atoms with Crippen LogP contribution >= 0.6 is 0 Å². The summed E-state index contributed by atoms with van der Waals surface area (Å²) in [5, 5.41) is 0. The van der Waals surface area contributed by atoms with Crippen LogP contribution in [0, 0.1) is 11.8 Å². The second-order valence-corrected chi connectivity index (χ2v) is 5.04. The van der Waals surface area contributed by atoms with Crippen molar-refractivity contribution in [3.05, 3.63) is 0 Å². The Morgan fingerprint density at radius 2 is 2.14 bits per heavy atom. The number of nitrogens with zero attached hydrogens (tertiary/aromatic N) is 1. The van der Waals surface area contributed by atoms with E-state index in [4.69, 9.17) is 5.73 Å². The fourth-order valence-corrected chi connectivity index (χ4v) is 2.30. The van der Waals surface area contributed by atoms with Gasteiger partial charge in [0.1, 0.15) is 0 Å². The topological polar surface area (TPSA) is 29.3 Å². The maximum atomic E-state index is 5.88. The molecule has 0 aromatic heterocycles. The summed E-state index contributed by atoms with van der Waals surface area (Å²) in [6.45, 7) is 10.5. The number of hydrogen-bond acceptors (Lipinski definition) is 2. The molecule has 2 heteroatoms. The van der Waals surface area contributed by atoms with Crippen LogP contribution in [0.2, 0.25) is 0 Å². The molecule has 1 fully saturated rings. The molecule has 0 aromatic rings. The predicted octanol–water partition coefficient (Wildman–Crippen LogP) is 2.09. The quantitative estimate of drug-likeness (QED) is 0.733. The lowest BCUT2D eigenvalue weighted by molar-refractivity contribution is 0.259. The van der Waals surface area contributed by atoms with Crippen molar-refractivity contribution in [2.45, 2.75) is 46.1 Å². The highest BCUT2D eigenvalue weighted by molar-refractivity contribution is 4.78. The Labute approximate surface area is 88.8 Å². The first kappa shape index (κ1) is 12.0. The molecule has 0 aliphatic carbocycles. The summed E-state index contributed by atoms with van der Waals surface area (Å²) in [4.78, 5) is 2.59.